The SMILES string of the molecule is C#C.CC.CC.CC(=O)O.CCC(=O)O.CCc1nccs1.CCc1nccs1. The Morgan fingerprint density at radius 2 is 1.10 bits per heavy atom. The molecule has 29 heavy (non-hydrogen) atoms. The smallest absolute Gasteiger partial charge is 0.303 e. The fourth-order valence-corrected chi connectivity index (χ4v) is 1.99. The Morgan fingerprint density at radius 3 is 1.17 bits per heavy atom. The average Bonchev–Trinajstić information content (AvgIpc) is 3.47. The largest absolute Gasteiger partial charge is 0.481 e. The third-order valence-electron chi connectivity index (χ3n) is 1.87. The average molecular weight is 447 g/mol. The van der Waals surface area contributed by atoms with Gasteiger partial charge in [-0.05, 0) is 12.8 Å². The van der Waals surface area contributed by atoms with Gasteiger partial charge in [-0.1, -0.05) is 48.5 Å². The first-order valence-corrected chi connectivity index (χ1v) is 11.1. The quantitative estimate of drug-likeness (QED) is 0.538. The molecule has 6 nitrogen and oxygen atoms in total. The number of thiazole rings is 2. The molecule has 0 spiro atoms. The lowest BCUT2D eigenvalue weighted by Gasteiger charge is -1.77. The Labute approximate surface area is 185 Å². The van der Waals surface area contributed by atoms with E-state index < -0.39 is 11.9 Å². The number of aromatic nitrogens is 2. The van der Waals surface area contributed by atoms with Gasteiger partial charge < -0.3 is 10.2 Å². The van der Waals surface area contributed by atoms with E-state index in [4.69, 9.17) is 15.0 Å². The monoisotopic (exact) mass is 446 g/mol. The summed E-state index contributed by atoms with van der Waals surface area (Å²) in [6.45, 7) is 14.9. The first-order valence-electron chi connectivity index (χ1n) is 9.38. The summed E-state index contributed by atoms with van der Waals surface area (Å²) in [5.41, 5.74) is 0. The second-order valence-corrected chi connectivity index (χ2v) is 5.78. The van der Waals surface area contributed by atoms with Crippen molar-refractivity contribution in [3.8, 4) is 12.8 Å². The van der Waals surface area contributed by atoms with Crippen molar-refractivity contribution in [2.45, 2.75) is 74.7 Å². The predicted octanol–water partition coefficient (Wildman–Crippen LogP) is 6.28. The summed E-state index contributed by atoms with van der Waals surface area (Å²) >= 11 is 3.42. The summed E-state index contributed by atoms with van der Waals surface area (Å²) in [4.78, 5) is 26.5. The van der Waals surface area contributed by atoms with Gasteiger partial charge in [0.2, 0.25) is 0 Å². The van der Waals surface area contributed by atoms with Crippen LogP contribution in [0.25, 0.3) is 0 Å². The van der Waals surface area contributed by atoms with Crippen LogP contribution in [0.3, 0.4) is 0 Å². The first kappa shape index (κ1) is 37.5. The molecule has 2 N–H and O–H groups in total. The van der Waals surface area contributed by atoms with Crippen LogP contribution in [0.5, 0.6) is 0 Å². The van der Waals surface area contributed by atoms with Crippen molar-refractivity contribution in [2.24, 2.45) is 0 Å². The van der Waals surface area contributed by atoms with Gasteiger partial charge in [0.1, 0.15) is 0 Å². The molecule has 0 aliphatic rings. The van der Waals surface area contributed by atoms with Gasteiger partial charge in [0.25, 0.3) is 5.97 Å². The zero-order valence-electron chi connectivity index (χ0n) is 19.0. The first-order chi connectivity index (χ1) is 13.9. The van der Waals surface area contributed by atoms with Gasteiger partial charge in [-0.15, -0.1) is 35.5 Å². The van der Waals surface area contributed by atoms with Crippen molar-refractivity contribution < 1.29 is 19.8 Å². The summed E-state index contributed by atoms with van der Waals surface area (Å²) in [5.74, 6) is -1.58. The van der Waals surface area contributed by atoms with Gasteiger partial charge in [-0.3, -0.25) is 9.59 Å². The number of terminal acetylenes is 1. The Hall–Kier alpha value is -2.24. The molecule has 2 aromatic heterocycles. The van der Waals surface area contributed by atoms with E-state index in [0.717, 1.165) is 19.8 Å². The van der Waals surface area contributed by atoms with Crippen LogP contribution in [0.2, 0.25) is 0 Å². The van der Waals surface area contributed by atoms with Crippen LogP contribution in [0.1, 0.15) is 71.8 Å². The van der Waals surface area contributed by atoms with Crippen molar-refractivity contribution in [3.63, 3.8) is 0 Å². The Kier molecular flexibility index (Phi) is 47.4. The molecule has 0 aromatic carbocycles. The van der Waals surface area contributed by atoms with Crippen molar-refractivity contribution in [3.05, 3.63) is 33.2 Å². The molecule has 0 bridgehead atoms. The summed E-state index contributed by atoms with van der Waals surface area (Å²) in [6.07, 6.45) is 14.0. The Balaban J connectivity index is -0.0000000827. The molecular formula is C21H38N2O4S2. The van der Waals surface area contributed by atoms with E-state index in [-0.39, 0.29) is 6.42 Å². The molecule has 168 valence electrons. The minimum Gasteiger partial charge on any atom is -0.481 e. The number of aryl methyl sites for hydroxylation is 2. The molecule has 0 unspecified atom stereocenters. The molecule has 2 rings (SSSR count). The Bertz CT molecular complexity index is 502. The van der Waals surface area contributed by atoms with Gasteiger partial charge >= 0.3 is 5.97 Å². The highest BCUT2D eigenvalue weighted by molar-refractivity contribution is 7.09. The zero-order chi connectivity index (χ0) is 24.1. The topological polar surface area (TPSA) is 100 Å². The molecule has 2 aromatic rings. The van der Waals surface area contributed by atoms with Gasteiger partial charge in [-0.2, -0.15) is 0 Å². The summed E-state index contributed by atoms with van der Waals surface area (Å²) in [7, 11) is 0. The van der Waals surface area contributed by atoms with Crippen LogP contribution < -0.4 is 0 Å². The molecule has 0 aliphatic heterocycles. The number of hydrogen-bond donors (Lipinski definition) is 2. The van der Waals surface area contributed by atoms with Gasteiger partial charge in [0.15, 0.2) is 0 Å². The number of carboxylic acid groups (broad SMARTS) is 2. The minimum atomic E-state index is -0.833. The van der Waals surface area contributed by atoms with E-state index in [9.17, 15) is 4.79 Å². The summed E-state index contributed by atoms with van der Waals surface area (Å²) < 4.78 is 0. The molecule has 2 heterocycles. The van der Waals surface area contributed by atoms with Gasteiger partial charge in [-0.25, -0.2) is 9.97 Å². The third-order valence-corrected chi connectivity index (χ3v) is 3.72. The van der Waals surface area contributed by atoms with Crippen molar-refractivity contribution in [1.29, 1.82) is 0 Å². The molecule has 0 radical (unpaired) electrons. The highest BCUT2D eigenvalue weighted by Crippen LogP contribution is 2.03. The zero-order valence-corrected chi connectivity index (χ0v) is 20.6. The molecule has 0 saturated heterocycles. The molecule has 0 saturated carbocycles. The number of rotatable bonds is 3. The summed E-state index contributed by atoms with van der Waals surface area (Å²) in [6, 6.07) is 0. The standard InChI is InChI=1S/2C5H7NS.C3H6O2.C2H4O2.2C2H6.C2H2/c2*1-2-5-6-3-4-7-5;1-2-3(4)5;1-2(3)4;3*1-2/h2*3-4H,2H2,1H3;2H2,1H3,(H,4,5);1H3,(H,3,4);2*1-2H3;1-2H. The van der Waals surface area contributed by atoms with Crippen molar-refractivity contribution in [2.75, 3.05) is 0 Å². The Morgan fingerprint density at radius 1 is 0.862 bits per heavy atom. The van der Waals surface area contributed by atoms with Crippen molar-refractivity contribution >= 4 is 34.6 Å². The molecule has 0 amide bonds. The number of carbonyl (C=O) groups is 2. The van der Waals surface area contributed by atoms with Crippen molar-refractivity contribution in [1.82, 2.24) is 9.97 Å². The van der Waals surface area contributed by atoms with Crippen LogP contribution in [-0.2, 0) is 22.4 Å². The number of hydrogen-bond acceptors (Lipinski definition) is 6. The minimum absolute atomic E-state index is 0.222. The maximum atomic E-state index is 9.37. The second kappa shape index (κ2) is 36.6. The molecule has 0 fully saturated rings. The number of nitrogens with zero attached hydrogens (tertiary/aromatic N) is 2. The van der Waals surface area contributed by atoms with E-state index in [1.807, 2.05) is 50.8 Å². The molecule has 0 aliphatic carbocycles. The number of aliphatic carboxylic acids is 2. The van der Waals surface area contributed by atoms with E-state index >= 15 is 0 Å². The highest BCUT2D eigenvalue weighted by Gasteiger charge is 1.85. The molecule has 8 heteroatoms. The maximum absolute atomic E-state index is 9.37. The van der Waals surface area contributed by atoms with Gasteiger partial charge in [0, 0.05) is 36.5 Å². The van der Waals surface area contributed by atoms with Crippen LogP contribution in [-0.4, -0.2) is 32.1 Å². The lowest BCUT2D eigenvalue weighted by molar-refractivity contribution is -0.137. The van der Waals surface area contributed by atoms with E-state index in [0.29, 0.717) is 0 Å². The number of carboxylic acids is 2. The lowest BCUT2D eigenvalue weighted by atomic mass is 10.5. The fourth-order valence-electron chi connectivity index (χ4n) is 0.855. The highest BCUT2D eigenvalue weighted by atomic mass is 32.1. The second-order valence-electron chi connectivity index (χ2n) is 3.83. The lowest BCUT2D eigenvalue weighted by Crippen LogP contribution is -1.86. The van der Waals surface area contributed by atoms with Crippen LogP contribution in [0.15, 0.2) is 23.2 Å². The summed E-state index contributed by atoms with van der Waals surface area (Å²) in [5, 5.41) is 21.6. The van der Waals surface area contributed by atoms with Crippen LogP contribution in [0, 0.1) is 12.8 Å². The van der Waals surface area contributed by atoms with E-state index in [1.54, 1.807) is 29.6 Å². The molecular weight excluding hydrogens is 408 g/mol. The van der Waals surface area contributed by atoms with E-state index in [1.165, 1.54) is 10.0 Å². The van der Waals surface area contributed by atoms with Gasteiger partial charge in [0.05, 0.1) is 10.0 Å². The van der Waals surface area contributed by atoms with Crippen LogP contribution in [0.4, 0.5) is 0 Å². The normalized spacial score (nSPS) is 7.10. The predicted molar refractivity (Wildman–Crippen MR) is 127 cm³/mol. The fraction of sp³-hybridized carbons (Fsp3) is 0.524. The molecule has 0 atom stereocenters. The third kappa shape index (κ3) is 46.1. The van der Waals surface area contributed by atoms with Crippen LogP contribution >= 0.6 is 22.7 Å². The van der Waals surface area contributed by atoms with E-state index in [2.05, 4.69) is 36.7 Å². The maximum Gasteiger partial charge on any atom is 0.303 e.